The molecule has 1 aromatic heterocycles. The van der Waals surface area contributed by atoms with E-state index in [1.165, 1.54) is 0 Å². The van der Waals surface area contributed by atoms with Gasteiger partial charge in [-0.1, -0.05) is 13.8 Å². The van der Waals surface area contributed by atoms with Gasteiger partial charge in [0.1, 0.15) is 18.8 Å². The zero-order valence-electron chi connectivity index (χ0n) is 15.1. The van der Waals surface area contributed by atoms with Crippen LogP contribution in [0, 0.1) is 11.8 Å². The van der Waals surface area contributed by atoms with Crippen LogP contribution in [0.2, 0.25) is 0 Å². The molecule has 5 nitrogen and oxygen atoms in total. The highest BCUT2D eigenvalue weighted by atomic mass is 16.5. The third-order valence-corrected chi connectivity index (χ3v) is 5.26. The number of methoxy groups -OCH3 is 1. The van der Waals surface area contributed by atoms with Gasteiger partial charge in [-0.15, -0.1) is 0 Å². The average molecular weight is 341 g/mol. The summed E-state index contributed by atoms with van der Waals surface area (Å²) < 4.78 is 13.0. The first kappa shape index (κ1) is 17.4. The molecule has 1 aromatic carbocycles. The number of aromatic nitrogens is 1. The fourth-order valence-electron chi connectivity index (χ4n) is 3.66. The van der Waals surface area contributed by atoms with Crippen molar-refractivity contribution in [1.82, 2.24) is 4.98 Å². The first-order valence-corrected chi connectivity index (χ1v) is 8.83. The molecule has 1 saturated heterocycles. The van der Waals surface area contributed by atoms with Crippen LogP contribution >= 0.6 is 0 Å². The number of rotatable bonds is 4. The summed E-state index contributed by atoms with van der Waals surface area (Å²) in [6.07, 6.45) is 3.97. The van der Waals surface area contributed by atoms with E-state index in [0.29, 0.717) is 24.2 Å². The molecule has 2 heterocycles. The van der Waals surface area contributed by atoms with Crippen molar-refractivity contribution in [3.05, 3.63) is 36.0 Å². The number of piperidine rings is 1. The molecule has 1 fully saturated rings. The van der Waals surface area contributed by atoms with Crippen LogP contribution in [-0.4, -0.2) is 42.1 Å². The van der Waals surface area contributed by atoms with Gasteiger partial charge < -0.3 is 9.47 Å². The number of benzene rings is 1. The van der Waals surface area contributed by atoms with Crippen LogP contribution in [0.25, 0.3) is 10.9 Å². The molecule has 2 unspecified atom stereocenters. The highest BCUT2D eigenvalue weighted by molar-refractivity contribution is 6.05. The molecule has 0 radical (unpaired) electrons. The lowest BCUT2D eigenvalue weighted by Gasteiger charge is -2.26. The Hall–Kier alpha value is -2.43. The van der Waals surface area contributed by atoms with Crippen LogP contribution in [0.1, 0.15) is 32.3 Å². The second kappa shape index (κ2) is 7.64. The van der Waals surface area contributed by atoms with Crippen molar-refractivity contribution in [2.45, 2.75) is 26.7 Å². The van der Waals surface area contributed by atoms with E-state index in [4.69, 9.17) is 9.47 Å². The lowest BCUT2D eigenvalue weighted by molar-refractivity contribution is -0.555. The number of carbonyl (C=O) groups excluding carboxylic acids is 1. The van der Waals surface area contributed by atoms with E-state index in [9.17, 15) is 4.79 Å². The molecule has 0 N–H and O–H groups in total. The van der Waals surface area contributed by atoms with Crippen molar-refractivity contribution in [1.29, 1.82) is 0 Å². The van der Waals surface area contributed by atoms with Gasteiger partial charge in [0.15, 0.2) is 0 Å². The predicted molar refractivity (Wildman–Crippen MR) is 97.1 cm³/mol. The van der Waals surface area contributed by atoms with E-state index in [1.54, 1.807) is 13.3 Å². The third-order valence-electron chi connectivity index (χ3n) is 5.26. The zero-order chi connectivity index (χ0) is 17.8. The number of hydrogen-bond donors (Lipinski definition) is 0. The maximum absolute atomic E-state index is 11.2. The molecule has 0 bridgehead atoms. The van der Waals surface area contributed by atoms with Crippen LogP contribution in [0.5, 0.6) is 5.75 Å². The SMILES string of the molecule is CCC1C[N+](=C(OC=O)c2ccnc3ccc(OC)cc23)CCC1C. The highest BCUT2D eigenvalue weighted by Crippen LogP contribution is 2.27. The van der Waals surface area contributed by atoms with E-state index < -0.39 is 0 Å². The first-order valence-electron chi connectivity index (χ1n) is 8.83. The smallest absolute Gasteiger partial charge is 0.378 e. The molecule has 0 amide bonds. The Balaban J connectivity index is 2.14. The van der Waals surface area contributed by atoms with E-state index >= 15 is 0 Å². The first-order chi connectivity index (χ1) is 12.2. The third kappa shape index (κ3) is 3.50. The van der Waals surface area contributed by atoms with E-state index in [2.05, 4.69) is 23.4 Å². The number of ether oxygens (including phenoxy) is 2. The van der Waals surface area contributed by atoms with Crippen molar-refractivity contribution in [2.24, 2.45) is 11.8 Å². The summed E-state index contributed by atoms with van der Waals surface area (Å²) >= 11 is 0. The molecule has 132 valence electrons. The van der Waals surface area contributed by atoms with Crippen molar-refractivity contribution < 1.29 is 18.8 Å². The molecular formula is C20H25N2O3+. The normalized spacial score (nSPS) is 22.5. The van der Waals surface area contributed by atoms with Crippen LogP contribution in [-0.2, 0) is 9.53 Å². The van der Waals surface area contributed by atoms with Gasteiger partial charge >= 0.3 is 12.4 Å². The maximum atomic E-state index is 11.2. The van der Waals surface area contributed by atoms with Crippen LogP contribution in [0.4, 0.5) is 0 Å². The van der Waals surface area contributed by atoms with Crippen molar-refractivity contribution >= 4 is 23.3 Å². The molecule has 5 heteroatoms. The standard InChI is InChI=1S/C20H25N2O3/c1-4-15-12-22(10-8-14(15)2)20(25-13-23)17-7-9-21-19-6-5-16(24-3)11-18(17)19/h5-7,9,11,13-15H,4,8,10,12H2,1-3H3/q+1. The number of hydrogen-bond acceptors (Lipinski definition) is 4. The molecular weight excluding hydrogens is 316 g/mol. The number of pyridine rings is 1. The quantitative estimate of drug-likeness (QED) is 0.487. The van der Waals surface area contributed by atoms with Crippen molar-refractivity contribution in [3.8, 4) is 5.75 Å². The fourth-order valence-corrected chi connectivity index (χ4v) is 3.66. The minimum Gasteiger partial charge on any atom is -0.497 e. The summed E-state index contributed by atoms with van der Waals surface area (Å²) in [7, 11) is 1.64. The summed E-state index contributed by atoms with van der Waals surface area (Å²) in [5.74, 6) is 2.65. The Kier molecular flexibility index (Phi) is 5.31. The van der Waals surface area contributed by atoms with Gasteiger partial charge in [0.05, 0.1) is 18.2 Å². The fraction of sp³-hybridized carbons (Fsp3) is 0.450. The number of nitrogens with zero attached hydrogens (tertiary/aromatic N) is 2. The summed E-state index contributed by atoms with van der Waals surface area (Å²) in [6, 6.07) is 7.65. The molecule has 0 spiro atoms. The summed E-state index contributed by atoms with van der Waals surface area (Å²) in [5.41, 5.74) is 1.73. The Labute approximate surface area is 148 Å². The van der Waals surface area contributed by atoms with Gasteiger partial charge in [-0.05, 0) is 36.6 Å². The zero-order valence-corrected chi connectivity index (χ0v) is 15.1. The van der Waals surface area contributed by atoms with Gasteiger partial charge in [-0.3, -0.25) is 9.78 Å². The summed E-state index contributed by atoms with van der Waals surface area (Å²) in [5, 5.41) is 0.922. The van der Waals surface area contributed by atoms with Crippen LogP contribution < -0.4 is 4.74 Å². The van der Waals surface area contributed by atoms with Gasteiger partial charge in [-0.25, -0.2) is 0 Å². The predicted octanol–water partition coefficient (Wildman–Crippen LogP) is 3.24. The molecule has 1 aliphatic rings. The Morgan fingerprint density at radius 2 is 2.24 bits per heavy atom. The van der Waals surface area contributed by atoms with Gasteiger partial charge in [0.2, 0.25) is 0 Å². The lowest BCUT2D eigenvalue weighted by Crippen LogP contribution is -2.37. The summed E-state index contributed by atoms with van der Waals surface area (Å²) in [4.78, 5) is 15.6. The Bertz CT molecular complexity index is 801. The second-order valence-corrected chi connectivity index (χ2v) is 6.64. The molecule has 25 heavy (non-hydrogen) atoms. The molecule has 1 aliphatic heterocycles. The Morgan fingerprint density at radius 3 is 2.96 bits per heavy atom. The van der Waals surface area contributed by atoms with E-state index in [0.717, 1.165) is 48.1 Å². The monoisotopic (exact) mass is 341 g/mol. The number of fused-ring (bicyclic) bond motifs is 1. The molecule has 0 saturated carbocycles. The lowest BCUT2D eigenvalue weighted by atomic mass is 9.86. The molecule has 2 atom stereocenters. The highest BCUT2D eigenvalue weighted by Gasteiger charge is 2.32. The van der Waals surface area contributed by atoms with Crippen LogP contribution in [0.15, 0.2) is 30.5 Å². The van der Waals surface area contributed by atoms with Crippen molar-refractivity contribution in [2.75, 3.05) is 20.2 Å². The minimum absolute atomic E-state index is 0.515. The molecule has 2 aromatic rings. The van der Waals surface area contributed by atoms with Gasteiger partial charge in [-0.2, -0.15) is 4.58 Å². The van der Waals surface area contributed by atoms with Gasteiger partial charge in [0.25, 0.3) is 0 Å². The topological polar surface area (TPSA) is 51.4 Å². The minimum atomic E-state index is 0.515. The van der Waals surface area contributed by atoms with Gasteiger partial charge in [0, 0.05) is 23.9 Å². The number of carbonyl (C=O) groups is 1. The molecule has 3 rings (SSSR count). The van der Waals surface area contributed by atoms with E-state index in [-0.39, 0.29) is 0 Å². The Morgan fingerprint density at radius 1 is 1.40 bits per heavy atom. The van der Waals surface area contributed by atoms with Crippen molar-refractivity contribution in [3.63, 3.8) is 0 Å². The van der Waals surface area contributed by atoms with E-state index in [1.807, 2.05) is 24.3 Å². The largest absolute Gasteiger partial charge is 0.497 e. The second-order valence-electron chi connectivity index (χ2n) is 6.64. The summed E-state index contributed by atoms with van der Waals surface area (Å²) in [6.45, 7) is 6.82. The average Bonchev–Trinajstić information content (AvgIpc) is 2.66. The van der Waals surface area contributed by atoms with Crippen LogP contribution in [0.3, 0.4) is 0 Å². The molecule has 0 aliphatic carbocycles. The maximum Gasteiger partial charge on any atom is 0.378 e.